The van der Waals surface area contributed by atoms with Crippen molar-refractivity contribution in [2.45, 2.75) is 65.2 Å². The van der Waals surface area contributed by atoms with Gasteiger partial charge in [-0.3, -0.25) is 0 Å². The van der Waals surface area contributed by atoms with E-state index in [2.05, 4.69) is 31.3 Å². The second kappa shape index (κ2) is 8.68. The van der Waals surface area contributed by atoms with Crippen molar-refractivity contribution >= 4 is 37.1 Å². The summed E-state index contributed by atoms with van der Waals surface area (Å²) in [4.78, 5) is 1.42. The van der Waals surface area contributed by atoms with Gasteiger partial charge < -0.3 is 5.32 Å². The van der Waals surface area contributed by atoms with Crippen LogP contribution < -0.4 is 5.32 Å². The fourth-order valence-electron chi connectivity index (χ4n) is 2.51. The number of hydrogen-bond donors (Lipinski definition) is 1. The Morgan fingerprint density at radius 2 is 1.50 bits per heavy atom. The molecule has 112 valence electrons. The topological polar surface area (TPSA) is 12.0 Å². The standard InChI is InChI=1S/C17H27NS2/c1-3-4-5-6-7-8-9-10-11-18-17-13-16-15(20-17)12-14(2)19-16/h12-13,18H,3-11H2,1-2H3. The third-order valence-corrected chi connectivity index (χ3v) is 5.83. The molecule has 0 atom stereocenters. The van der Waals surface area contributed by atoms with Crippen molar-refractivity contribution in [3.05, 3.63) is 17.0 Å². The molecule has 2 rings (SSSR count). The van der Waals surface area contributed by atoms with E-state index in [1.54, 1.807) is 0 Å². The zero-order valence-corrected chi connectivity index (χ0v) is 14.5. The Morgan fingerprint density at radius 3 is 2.20 bits per heavy atom. The Balaban J connectivity index is 1.53. The van der Waals surface area contributed by atoms with E-state index < -0.39 is 0 Å². The highest BCUT2D eigenvalue weighted by Crippen LogP contribution is 2.35. The predicted molar refractivity (Wildman–Crippen MR) is 95.5 cm³/mol. The number of nitrogens with one attached hydrogen (secondary N) is 1. The maximum absolute atomic E-state index is 3.58. The Labute approximate surface area is 131 Å². The number of anilines is 1. The average Bonchev–Trinajstić information content (AvgIpc) is 2.93. The predicted octanol–water partition coefficient (Wildman–Crippen LogP) is 6.82. The Kier molecular flexibility index (Phi) is 6.88. The van der Waals surface area contributed by atoms with Crippen molar-refractivity contribution in [3.8, 4) is 0 Å². The zero-order valence-electron chi connectivity index (χ0n) is 12.8. The number of thiophene rings is 2. The van der Waals surface area contributed by atoms with Gasteiger partial charge in [0.15, 0.2) is 0 Å². The maximum atomic E-state index is 3.58. The SMILES string of the molecule is CCCCCCCCCCNc1cc2sc(C)cc2s1. The van der Waals surface area contributed by atoms with Crippen molar-refractivity contribution in [3.63, 3.8) is 0 Å². The number of unbranched alkanes of at least 4 members (excludes halogenated alkanes) is 7. The molecule has 0 saturated carbocycles. The maximum Gasteiger partial charge on any atom is 0.0903 e. The van der Waals surface area contributed by atoms with Crippen molar-refractivity contribution < 1.29 is 0 Å². The van der Waals surface area contributed by atoms with Gasteiger partial charge in [0.1, 0.15) is 0 Å². The Morgan fingerprint density at radius 1 is 0.850 bits per heavy atom. The summed E-state index contributed by atoms with van der Waals surface area (Å²) in [6, 6.07) is 4.61. The first kappa shape index (κ1) is 15.8. The summed E-state index contributed by atoms with van der Waals surface area (Å²) in [5.74, 6) is 0. The number of hydrogen-bond acceptors (Lipinski definition) is 3. The van der Waals surface area contributed by atoms with E-state index in [-0.39, 0.29) is 0 Å². The van der Waals surface area contributed by atoms with Crippen LogP contribution in [0.4, 0.5) is 5.00 Å². The molecule has 3 heteroatoms. The highest BCUT2D eigenvalue weighted by Gasteiger charge is 2.04. The molecule has 0 aliphatic rings. The van der Waals surface area contributed by atoms with Crippen LogP contribution in [0.5, 0.6) is 0 Å². The van der Waals surface area contributed by atoms with Gasteiger partial charge in [0.05, 0.1) is 5.00 Å². The van der Waals surface area contributed by atoms with Crippen LogP contribution in [0.3, 0.4) is 0 Å². The molecule has 2 aromatic rings. The average molecular weight is 310 g/mol. The van der Waals surface area contributed by atoms with Crippen molar-refractivity contribution in [2.24, 2.45) is 0 Å². The smallest absolute Gasteiger partial charge is 0.0903 e. The van der Waals surface area contributed by atoms with Crippen molar-refractivity contribution in [1.82, 2.24) is 0 Å². The molecule has 0 spiro atoms. The van der Waals surface area contributed by atoms with Crippen LogP contribution >= 0.6 is 22.7 Å². The van der Waals surface area contributed by atoms with E-state index in [1.807, 2.05) is 22.7 Å². The molecule has 0 fully saturated rings. The van der Waals surface area contributed by atoms with Gasteiger partial charge >= 0.3 is 0 Å². The summed E-state index contributed by atoms with van der Waals surface area (Å²) in [5, 5.41) is 4.92. The van der Waals surface area contributed by atoms with E-state index in [9.17, 15) is 0 Å². The Hall–Kier alpha value is -0.540. The van der Waals surface area contributed by atoms with Gasteiger partial charge in [-0.2, -0.15) is 0 Å². The molecule has 0 saturated heterocycles. The minimum atomic E-state index is 1.13. The molecule has 1 nitrogen and oxygen atoms in total. The third kappa shape index (κ3) is 5.10. The molecule has 0 aliphatic heterocycles. The highest BCUT2D eigenvalue weighted by atomic mass is 32.1. The van der Waals surface area contributed by atoms with Gasteiger partial charge in [-0.15, -0.1) is 22.7 Å². The van der Waals surface area contributed by atoms with Crippen LogP contribution in [0.1, 0.15) is 63.2 Å². The minimum absolute atomic E-state index is 1.13. The lowest BCUT2D eigenvalue weighted by Crippen LogP contribution is -1.99. The molecule has 0 amide bonds. The third-order valence-electron chi connectivity index (χ3n) is 3.66. The molecular weight excluding hydrogens is 282 g/mol. The Bertz CT molecular complexity index is 467. The molecule has 0 aromatic carbocycles. The van der Waals surface area contributed by atoms with E-state index >= 15 is 0 Å². The van der Waals surface area contributed by atoms with E-state index in [0.29, 0.717) is 0 Å². The van der Waals surface area contributed by atoms with Gasteiger partial charge in [-0.25, -0.2) is 0 Å². The molecule has 2 aromatic heterocycles. The monoisotopic (exact) mass is 309 g/mol. The van der Waals surface area contributed by atoms with Crippen LogP contribution in [-0.2, 0) is 0 Å². The molecule has 0 radical (unpaired) electrons. The minimum Gasteiger partial charge on any atom is -0.377 e. The van der Waals surface area contributed by atoms with E-state index in [0.717, 1.165) is 6.54 Å². The lowest BCUT2D eigenvalue weighted by atomic mass is 10.1. The van der Waals surface area contributed by atoms with Gasteiger partial charge in [0.2, 0.25) is 0 Å². The second-order valence-corrected chi connectivity index (χ2v) is 7.97. The molecule has 0 unspecified atom stereocenters. The van der Waals surface area contributed by atoms with Crippen LogP contribution in [0.15, 0.2) is 12.1 Å². The quantitative estimate of drug-likeness (QED) is 0.474. The molecule has 2 heterocycles. The number of rotatable bonds is 10. The number of aryl methyl sites for hydroxylation is 1. The number of fused-ring (bicyclic) bond motifs is 1. The summed E-state index contributed by atoms with van der Waals surface area (Å²) >= 11 is 3.79. The van der Waals surface area contributed by atoms with E-state index in [4.69, 9.17) is 0 Å². The summed E-state index contributed by atoms with van der Waals surface area (Å²) in [6.07, 6.45) is 11.1. The van der Waals surface area contributed by atoms with Gasteiger partial charge in [0.25, 0.3) is 0 Å². The van der Waals surface area contributed by atoms with Crippen LogP contribution in [0, 0.1) is 6.92 Å². The highest BCUT2D eigenvalue weighted by molar-refractivity contribution is 7.29. The molecule has 1 N–H and O–H groups in total. The normalized spacial score (nSPS) is 11.3. The van der Waals surface area contributed by atoms with Gasteiger partial charge in [-0.1, -0.05) is 51.9 Å². The van der Waals surface area contributed by atoms with E-state index in [1.165, 1.54) is 70.6 Å². The molecular formula is C17H27NS2. The fourth-order valence-corrected chi connectivity index (χ4v) is 4.76. The first-order valence-corrected chi connectivity index (χ1v) is 9.66. The zero-order chi connectivity index (χ0) is 14.2. The second-order valence-electron chi connectivity index (χ2n) is 5.60. The molecule has 0 bridgehead atoms. The first-order chi connectivity index (χ1) is 9.79. The van der Waals surface area contributed by atoms with Crippen molar-refractivity contribution in [2.75, 3.05) is 11.9 Å². The van der Waals surface area contributed by atoms with Crippen molar-refractivity contribution in [1.29, 1.82) is 0 Å². The van der Waals surface area contributed by atoms with Crippen LogP contribution in [0.2, 0.25) is 0 Å². The van der Waals surface area contributed by atoms with Gasteiger partial charge in [-0.05, 0) is 25.5 Å². The summed E-state index contributed by atoms with van der Waals surface area (Å²) in [7, 11) is 0. The summed E-state index contributed by atoms with van der Waals surface area (Å²) in [5.41, 5.74) is 0. The first-order valence-electron chi connectivity index (χ1n) is 8.03. The largest absolute Gasteiger partial charge is 0.377 e. The lowest BCUT2D eigenvalue weighted by Gasteiger charge is -2.03. The van der Waals surface area contributed by atoms with Crippen LogP contribution in [-0.4, -0.2) is 6.54 Å². The summed E-state index contributed by atoms with van der Waals surface area (Å²) in [6.45, 7) is 5.59. The summed E-state index contributed by atoms with van der Waals surface area (Å²) < 4.78 is 2.87. The fraction of sp³-hybridized carbons (Fsp3) is 0.647. The van der Waals surface area contributed by atoms with Gasteiger partial charge in [0, 0.05) is 20.8 Å². The van der Waals surface area contributed by atoms with Crippen LogP contribution in [0.25, 0.3) is 9.40 Å². The molecule has 20 heavy (non-hydrogen) atoms. The lowest BCUT2D eigenvalue weighted by molar-refractivity contribution is 0.581. The molecule has 0 aliphatic carbocycles.